The lowest BCUT2D eigenvalue weighted by atomic mass is 10.2. The quantitative estimate of drug-likeness (QED) is 0.576. The minimum Gasteiger partial charge on any atom is -0.351 e. The van der Waals surface area contributed by atoms with Crippen molar-refractivity contribution in [2.24, 2.45) is 0 Å². The molecule has 124 valence electrons. The molecule has 0 aliphatic carbocycles. The molecule has 0 unspecified atom stereocenters. The van der Waals surface area contributed by atoms with Crippen molar-refractivity contribution in [3.8, 4) is 10.6 Å². The Morgan fingerprint density at radius 3 is 2.60 bits per heavy atom. The SMILES string of the molecule is Cc1ccc2nc(-c3ccc(NC(=O)c4cc(C)no4)cc3)sc2c1. The third-order valence-corrected chi connectivity index (χ3v) is 4.85. The van der Waals surface area contributed by atoms with Crippen LogP contribution >= 0.6 is 11.3 Å². The van der Waals surface area contributed by atoms with Crippen LogP contribution in [0.3, 0.4) is 0 Å². The molecule has 4 aromatic rings. The van der Waals surface area contributed by atoms with Crippen LogP contribution in [0.15, 0.2) is 53.1 Å². The molecule has 6 heteroatoms. The number of thiazole rings is 1. The van der Waals surface area contributed by atoms with Crippen molar-refractivity contribution >= 4 is 33.1 Å². The lowest BCUT2D eigenvalue weighted by Crippen LogP contribution is -2.10. The minimum absolute atomic E-state index is 0.197. The van der Waals surface area contributed by atoms with Gasteiger partial charge in [-0.15, -0.1) is 11.3 Å². The number of hydrogen-bond acceptors (Lipinski definition) is 5. The van der Waals surface area contributed by atoms with Gasteiger partial charge in [0.15, 0.2) is 0 Å². The largest absolute Gasteiger partial charge is 0.351 e. The van der Waals surface area contributed by atoms with E-state index < -0.39 is 0 Å². The number of carbonyl (C=O) groups is 1. The van der Waals surface area contributed by atoms with Crippen LogP contribution < -0.4 is 5.32 Å². The Bertz CT molecular complexity index is 1060. The van der Waals surface area contributed by atoms with Gasteiger partial charge >= 0.3 is 0 Å². The summed E-state index contributed by atoms with van der Waals surface area (Å²) in [6.45, 7) is 3.85. The first kappa shape index (κ1) is 15.5. The maximum absolute atomic E-state index is 12.1. The molecule has 2 aromatic carbocycles. The predicted octanol–water partition coefficient (Wildman–Crippen LogP) is 4.82. The molecule has 0 atom stereocenters. The summed E-state index contributed by atoms with van der Waals surface area (Å²) in [6.07, 6.45) is 0. The number of nitrogens with one attached hydrogen (secondary N) is 1. The number of amides is 1. The molecule has 0 aliphatic rings. The molecule has 0 saturated heterocycles. The maximum Gasteiger partial charge on any atom is 0.294 e. The summed E-state index contributed by atoms with van der Waals surface area (Å²) in [7, 11) is 0. The van der Waals surface area contributed by atoms with E-state index in [4.69, 9.17) is 4.52 Å². The zero-order valence-electron chi connectivity index (χ0n) is 13.7. The fourth-order valence-corrected chi connectivity index (χ4v) is 3.58. The highest BCUT2D eigenvalue weighted by molar-refractivity contribution is 7.21. The average molecular weight is 349 g/mol. The normalized spacial score (nSPS) is 11.0. The fraction of sp³-hybridized carbons (Fsp3) is 0.105. The summed E-state index contributed by atoms with van der Waals surface area (Å²) < 4.78 is 6.14. The number of aryl methyl sites for hydroxylation is 2. The van der Waals surface area contributed by atoms with E-state index in [2.05, 4.69) is 34.5 Å². The number of hydrogen-bond donors (Lipinski definition) is 1. The first-order valence-corrected chi connectivity index (χ1v) is 8.62. The Morgan fingerprint density at radius 2 is 1.88 bits per heavy atom. The third-order valence-electron chi connectivity index (χ3n) is 3.79. The second kappa shape index (κ2) is 6.14. The zero-order valence-corrected chi connectivity index (χ0v) is 14.6. The molecule has 25 heavy (non-hydrogen) atoms. The molecule has 1 N–H and O–H groups in total. The van der Waals surface area contributed by atoms with Gasteiger partial charge in [-0.25, -0.2) is 4.98 Å². The van der Waals surface area contributed by atoms with Crippen LogP contribution in [0, 0.1) is 13.8 Å². The topological polar surface area (TPSA) is 68.0 Å². The standard InChI is InChI=1S/C19H15N3O2S/c1-11-3-8-15-17(9-11)25-19(21-15)13-4-6-14(7-5-13)20-18(23)16-10-12(2)22-24-16/h3-10H,1-2H3,(H,20,23). The number of rotatable bonds is 3. The molecule has 5 nitrogen and oxygen atoms in total. The van der Waals surface area contributed by atoms with E-state index in [1.54, 1.807) is 24.3 Å². The molecular weight excluding hydrogens is 334 g/mol. The van der Waals surface area contributed by atoms with Gasteiger partial charge in [0.25, 0.3) is 5.91 Å². The molecule has 2 heterocycles. The predicted molar refractivity (Wildman–Crippen MR) is 99.0 cm³/mol. The van der Waals surface area contributed by atoms with E-state index in [9.17, 15) is 4.79 Å². The van der Waals surface area contributed by atoms with Crippen molar-refractivity contribution in [3.63, 3.8) is 0 Å². The Labute approximate surface area is 148 Å². The number of fused-ring (bicyclic) bond motifs is 1. The van der Waals surface area contributed by atoms with E-state index >= 15 is 0 Å². The zero-order chi connectivity index (χ0) is 17.4. The minimum atomic E-state index is -0.316. The van der Waals surface area contributed by atoms with Crippen molar-refractivity contribution in [1.29, 1.82) is 0 Å². The van der Waals surface area contributed by atoms with Crippen molar-refractivity contribution < 1.29 is 9.32 Å². The van der Waals surface area contributed by atoms with E-state index in [1.165, 1.54) is 10.3 Å². The van der Waals surface area contributed by atoms with Gasteiger partial charge in [-0.05, 0) is 55.8 Å². The van der Waals surface area contributed by atoms with E-state index in [0.29, 0.717) is 11.4 Å². The molecule has 4 rings (SSSR count). The second-order valence-corrected chi connectivity index (χ2v) is 6.88. The fourth-order valence-electron chi connectivity index (χ4n) is 2.51. The Morgan fingerprint density at radius 1 is 1.08 bits per heavy atom. The highest BCUT2D eigenvalue weighted by Crippen LogP contribution is 2.31. The average Bonchev–Trinajstić information content (AvgIpc) is 3.21. The summed E-state index contributed by atoms with van der Waals surface area (Å²) in [5.41, 5.74) is 4.62. The van der Waals surface area contributed by atoms with Crippen LogP contribution in [-0.2, 0) is 0 Å². The van der Waals surface area contributed by atoms with E-state index in [1.807, 2.05) is 30.3 Å². The third kappa shape index (κ3) is 3.16. The summed E-state index contributed by atoms with van der Waals surface area (Å²) in [5, 5.41) is 7.47. The van der Waals surface area contributed by atoms with Crippen LogP contribution in [0.25, 0.3) is 20.8 Å². The monoisotopic (exact) mass is 349 g/mol. The van der Waals surface area contributed by atoms with Gasteiger partial charge < -0.3 is 9.84 Å². The Hall–Kier alpha value is -2.99. The highest BCUT2D eigenvalue weighted by atomic mass is 32.1. The molecule has 0 bridgehead atoms. The summed E-state index contributed by atoms with van der Waals surface area (Å²) in [6, 6.07) is 15.5. The lowest BCUT2D eigenvalue weighted by Gasteiger charge is -2.03. The number of aromatic nitrogens is 2. The number of anilines is 1. The highest BCUT2D eigenvalue weighted by Gasteiger charge is 2.12. The van der Waals surface area contributed by atoms with Crippen molar-refractivity contribution in [1.82, 2.24) is 10.1 Å². The molecule has 0 fully saturated rings. The lowest BCUT2D eigenvalue weighted by molar-refractivity contribution is 0.0988. The molecule has 0 spiro atoms. The van der Waals surface area contributed by atoms with Gasteiger partial charge in [0, 0.05) is 17.3 Å². The Balaban J connectivity index is 1.55. The molecule has 1 amide bonds. The molecule has 0 aliphatic heterocycles. The van der Waals surface area contributed by atoms with Crippen LogP contribution in [0.5, 0.6) is 0 Å². The maximum atomic E-state index is 12.1. The van der Waals surface area contributed by atoms with Crippen molar-refractivity contribution in [3.05, 3.63) is 65.5 Å². The van der Waals surface area contributed by atoms with Crippen LogP contribution in [-0.4, -0.2) is 16.0 Å². The van der Waals surface area contributed by atoms with Gasteiger partial charge in [0.2, 0.25) is 5.76 Å². The van der Waals surface area contributed by atoms with E-state index in [0.717, 1.165) is 16.1 Å². The summed E-state index contributed by atoms with van der Waals surface area (Å²) in [4.78, 5) is 16.7. The van der Waals surface area contributed by atoms with Gasteiger partial charge in [0.05, 0.1) is 15.9 Å². The van der Waals surface area contributed by atoms with E-state index in [-0.39, 0.29) is 11.7 Å². The first-order chi connectivity index (χ1) is 12.1. The summed E-state index contributed by atoms with van der Waals surface area (Å²) in [5.74, 6) is -0.119. The van der Waals surface area contributed by atoms with Crippen LogP contribution in [0.1, 0.15) is 21.8 Å². The molecule has 0 saturated carbocycles. The number of nitrogens with zero attached hydrogens (tertiary/aromatic N) is 2. The summed E-state index contributed by atoms with van der Waals surface area (Å²) >= 11 is 1.66. The number of benzene rings is 2. The molecule has 2 aromatic heterocycles. The van der Waals surface area contributed by atoms with Gasteiger partial charge in [-0.1, -0.05) is 11.2 Å². The number of carbonyl (C=O) groups excluding carboxylic acids is 1. The Kier molecular flexibility index (Phi) is 3.82. The van der Waals surface area contributed by atoms with Crippen molar-refractivity contribution in [2.75, 3.05) is 5.32 Å². The van der Waals surface area contributed by atoms with Crippen molar-refractivity contribution in [2.45, 2.75) is 13.8 Å². The van der Waals surface area contributed by atoms with Crippen LogP contribution in [0.4, 0.5) is 5.69 Å². The molecular formula is C19H15N3O2S. The second-order valence-electron chi connectivity index (χ2n) is 5.85. The van der Waals surface area contributed by atoms with Gasteiger partial charge in [-0.2, -0.15) is 0 Å². The van der Waals surface area contributed by atoms with Gasteiger partial charge in [-0.3, -0.25) is 4.79 Å². The molecule has 0 radical (unpaired) electrons. The first-order valence-electron chi connectivity index (χ1n) is 7.81. The smallest absolute Gasteiger partial charge is 0.294 e. The van der Waals surface area contributed by atoms with Gasteiger partial charge in [0.1, 0.15) is 5.01 Å². The van der Waals surface area contributed by atoms with Crippen LogP contribution in [0.2, 0.25) is 0 Å².